The molecule has 8 N–H and O–H groups in total. The zero-order chi connectivity index (χ0) is 65.0. The SMILES string of the molecule is C=O.CC.CC.CCOCCOc1ccc(CC(NC)C(=O)N[C@@H](Cc2ccccc2)C(=O)NC2(C(=O)N[C@@](C)(CCCCN(C)C(C)=O)C(=O)N[C-](CC(N)=O)C(=O)NC(C)(Cc3cccnc3)C(=O)N(C)CC(=O)N(C)C)CCOCC2)cc1.[Rb+]. The fourth-order valence-electron chi connectivity index (χ4n) is 8.90. The Morgan fingerprint density at radius 1 is 0.782 bits per heavy atom. The van der Waals surface area contributed by atoms with E-state index in [-0.39, 0.29) is 129 Å². The maximum Gasteiger partial charge on any atom is 1.00 e. The van der Waals surface area contributed by atoms with Gasteiger partial charge in [0.2, 0.25) is 41.4 Å². The molecule has 0 aliphatic carbocycles. The number of pyridine rings is 1. The minimum Gasteiger partial charge on any atom is -0.491 e. The van der Waals surface area contributed by atoms with Gasteiger partial charge in [0.15, 0.2) is 5.91 Å². The molecule has 478 valence electrons. The average molecular weight is 1290 g/mol. The number of nitrogens with zero attached hydrogens (tertiary/aromatic N) is 4. The third kappa shape index (κ3) is 27.8. The molecule has 4 atom stereocenters. The molecule has 2 unspecified atom stereocenters. The van der Waals surface area contributed by atoms with E-state index in [0.29, 0.717) is 44.1 Å². The number of hydrogen-bond acceptors (Lipinski definition) is 15. The van der Waals surface area contributed by atoms with Gasteiger partial charge < -0.3 is 76.1 Å². The van der Waals surface area contributed by atoms with Gasteiger partial charge in [-0.2, -0.15) is 6.04 Å². The van der Waals surface area contributed by atoms with Gasteiger partial charge in [0.25, 0.3) is 0 Å². The quantitative estimate of drug-likeness (QED) is 0.0309. The van der Waals surface area contributed by atoms with Gasteiger partial charge >= 0.3 is 58.2 Å². The van der Waals surface area contributed by atoms with Crippen molar-refractivity contribution in [1.82, 2.24) is 51.6 Å². The van der Waals surface area contributed by atoms with Crippen LogP contribution in [0.5, 0.6) is 5.75 Å². The first kappa shape index (κ1) is 80.8. The number of rotatable bonds is 32. The first-order valence-corrected chi connectivity index (χ1v) is 29.1. The Morgan fingerprint density at radius 3 is 1.93 bits per heavy atom. The van der Waals surface area contributed by atoms with Crippen LogP contribution in [0.2, 0.25) is 0 Å². The summed E-state index contributed by atoms with van der Waals surface area (Å²) in [5.41, 5.74) is 2.36. The van der Waals surface area contributed by atoms with Crippen molar-refractivity contribution in [3.8, 4) is 5.75 Å². The number of aromatic nitrogens is 1. The first-order valence-electron chi connectivity index (χ1n) is 29.1. The van der Waals surface area contributed by atoms with Crippen LogP contribution in [0.4, 0.5) is 0 Å². The van der Waals surface area contributed by atoms with Crippen molar-refractivity contribution in [2.24, 2.45) is 5.73 Å². The molecule has 2 heterocycles. The molecular formula is C62H96N11O13Rb. The Morgan fingerprint density at radius 2 is 1.38 bits per heavy atom. The molecule has 1 saturated heterocycles. The fourth-order valence-corrected chi connectivity index (χ4v) is 8.90. The van der Waals surface area contributed by atoms with Gasteiger partial charge in [-0.15, -0.1) is 0 Å². The first-order chi connectivity index (χ1) is 40.9. The summed E-state index contributed by atoms with van der Waals surface area (Å²) in [6, 6.07) is 17.1. The average Bonchev–Trinajstić information content (AvgIpc) is 1.21. The minimum atomic E-state index is -1.89. The van der Waals surface area contributed by atoms with Gasteiger partial charge in [-0.1, -0.05) is 82.6 Å². The second-order valence-corrected chi connectivity index (χ2v) is 20.7. The predicted octanol–water partition coefficient (Wildman–Crippen LogP) is -0.397. The summed E-state index contributed by atoms with van der Waals surface area (Å²) in [5.74, 6) is -5.59. The molecule has 1 fully saturated rings. The molecule has 24 nitrogen and oxygen atoms in total. The summed E-state index contributed by atoms with van der Waals surface area (Å²) in [6.07, 6.45) is 2.87. The number of amides is 9. The molecule has 4 rings (SSSR count). The van der Waals surface area contributed by atoms with Gasteiger partial charge in [0, 0.05) is 99.6 Å². The molecule has 25 heteroatoms. The van der Waals surface area contributed by atoms with E-state index in [0.717, 1.165) is 16.0 Å². The van der Waals surface area contributed by atoms with E-state index in [1.54, 1.807) is 50.5 Å². The van der Waals surface area contributed by atoms with Crippen molar-refractivity contribution >= 4 is 60.0 Å². The molecule has 0 spiro atoms. The number of primary amides is 1. The topological polar surface area (TPSA) is 319 Å². The third-order valence-corrected chi connectivity index (χ3v) is 13.9. The minimum absolute atomic E-state index is 0. The van der Waals surface area contributed by atoms with E-state index >= 15 is 4.79 Å². The number of carbonyl (C=O) groups excluding carboxylic acids is 10. The van der Waals surface area contributed by atoms with Crippen LogP contribution in [0.3, 0.4) is 0 Å². The van der Waals surface area contributed by atoms with Crippen LogP contribution in [0.15, 0.2) is 79.1 Å². The zero-order valence-corrected chi connectivity index (χ0v) is 58.8. The Balaban J connectivity index is 0.0000102. The summed E-state index contributed by atoms with van der Waals surface area (Å²) >= 11 is 0. The molecule has 0 radical (unpaired) electrons. The molecule has 1 aromatic heterocycles. The van der Waals surface area contributed by atoms with Crippen LogP contribution in [0.25, 0.3) is 0 Å². The summed E-state index contributed by atoms with van der Waals surface area (Å²) in [7, 11) is 7.71. The summed E-state index contributed by atoms with van der Waals surface area (Å²) in [4.78, 5) is 141. The number of likely N-dealkylation sites (N-methyl/N-ethyl adjacent to an activating group) is 3. The number of ether oxygens (including phenoxy) is 3. The number of benzene rings is 2. The van der Waals surface area contributed by atoms with Crippen molar-refractivity contribution in [3.05, 3.63) is 102 Å². The van der Waals surface area contributed by atoms with E-state index < -0.39 is 88.4 Å². The van der Waals surface area contributed by atoms with Crippen LogP contribution in [0, 0.1) is 6.04 Å². The van der Waals surface area contributed by atoms with E-state index in [9.17, 15) is 38.4 Å². The monoisotopic (exact) mass is 1290 g/mol. The molecular weight excluding hydrogens is 1190 g/mol. The van der Waals surface area contributed by atoms with Gasteiger partial charge in [-0.3, -0.25) is 43.3 Å². The van der Waals surface area contributed by atoms with Crippen molar-refractivity contribution in [2.75, 3.05) is 81.4 Å². The van der Waals surface area contributed by atoms with Crippen molar-refractivity contribution < 1.29 is 120 Å². The maximum absolute atomic E-state index is 15.1. The van der Waals surface area contributed by atoms with Crippen molar-refractivity contribution in [2.45, 2.75) is 142 Å². The largest absolute Gasteiger partial charge is 1.00 e. The second kappa shape index (κ2) is 42.7. The van der Waals surface area contributed by atoms with Crippen LogP contribution in [0.1, 0.15) is 111 Å². The van der Waals surface area contributed by atoms with Crippen LogP contribution < -0.4 is 101 Å². The van der Waals surface area contributed by atoms with Crippen LogP contribution in [-0.2, 0) is 76.7 Å². The van der Waals surface area contributed by atoms with Gasteiger partial charge in [0.05, 0.1) is 19.2 Å². The molecule has 1 aliphatic rings. The molecule has 0 saturated carbocycles. The third-order valence-electron chi connectivity index (χ3n) is 13.9. The molecule has 87 heavy (non-hydrogen) atoms. The van der Waals surface area contributed by atoms with Gasteiger partial charge in [-0.25, -0.2) is 0 Å². The van der Waals surface area contributed by atoms with E-state index in [1.165, 1.54) is 64.1 Å². The fraction of sp³-hybridized carbons (Fsp3) is 0.548. The molecule has 3 aromatic rings. The molecule has 2 aromatic carbocycles. The Bertz CT molecular complexity index is 2580. The Hall–Kier alpha value is -6.15. The van der Waals surface area contributed by atoms with Crippen molar-refractivity contribution in [1.29, 1.82) is 0 Å². The van der Waals surface area contributed by atoms with E-state index in [4.69, 9.17) is 24.7 Å². The van der Waals surface area contributed by atoms with E-state index in [1.807, 2.05) is 71.7 Å². The standard InChI is InChI=1S/C57H82N11O12.2C2H6.CH2O.Rb/c1-10-78-31-32-80-43-22-20-41(21-23-43)33-44(59-5)49(72)61-45(34-40-17-12-11-13-18-40)51(74)64-57(25-29-79-30-26-57)53(76)65-55(3,24-14-15-28-67(8)39(2)69)52(75)62-46(35-47(58)70)50(73)63-56(4,36-42-19-16-27-60-37-42)54(77)68(9)38-48(71)66(6)7;3*1-2;/h11-13,16-23,27,37,44-45,59H,10,14-15,24-26,28-36,38H2,1-9H3,(H2,58,70)(H,61,72)(H,62,75)(H,63,73)(H,64,74)(H,65,76);2*1-2H3;1H2;/q-1;;;;+1/t44?,45-,55-,56?;;;;/m0..../s1. The number of hydrogen-bond donors (Lipinski definition) is 7. The number of unbranched alkanes of at least 4 members (excludes halogenated alkanes) is 1. The summed E-state index contributed by atoms with van der Waals surface area (Å²) in [5, 5.41) is 17.1. The smallest absolute Gasteiger partial charge is 0.491 e. The van der Waals surface area contributed by atoms with Crippen molar-refractivity contribution in [3.63, 3.8) is 0 Å². The molecule has 0 bridgehead atoms. The van der Waals surface area contributed by atoms with Gasteiger partial charge in [0.1, 0.15) is 47.7 Å². The number of carbonyl (C=O) groups is 10. The van der Waals surface area contributed by atoms with Gasteiger partial charge in [-0.05, 0) is 88.4 Å². The molecule has 1 aliphatic heterocycles. The Kier molecular flexibility index (Phi) is 39.7. The molecule has 9 amide bonds. The van der Waals surface area contributed by atoms with Crippen LogP contribution in [-0.4, -0.2) is 190 Å². The maximum atomic E-state index is 15.1. The van der Waals surface area contributed by atoms with Crippen LogP contribution >= 0.6 is 0 Å². The number of nitrogens with two attached hydrogens (primary N) is 1. The summed E-state index contributed by atoms with van der Waals surface area (Å²) in [6.45, 7) is 17.6. The zero-order valence-electron chi connectivity index (χ0n) is 53.9. The summed E-state index contributed by atoms with van der Waals surface area (Å²) < 4.78 is 16.8. The Labute approximate surface area is 563 Å². The second-order valence-electron chi connectivity index (χ2n) is 20.7. The normalized spacial score (nSPS) is 13.9. The number of nitrogens with one attached hydrogen (secondary N) is 6. The van der Waals surface area contributed by atoms with E-state index in [2.05, 4.69) is 36.9 Å². The predicted molar refractivity (Wildman–Crippen MR) is 328 cm³/mol.